The van der Waals surface area contributed by atoms with E-state index in [4.69, 9.17) is 4.74 Å². The van der Waals surface area contributed by atoms with E-state index in [9.17, 15) is 19.5 Å². The van der Waals surface area contributed by atoms with Crippen LogP contribution in [0.15, 0.2) is 48.5 Å². The summed E-state index contributed by atoms with van der Waals surface area (Å²) < 4.78 is 5.52. The quantitative estimate of drug-likeness (QED) is 0.689. The lowest BCUT2D eigenvalue weighted by Gasteiger charge is -2.41. The lowest BCUT2D eigenvalue weighted by atomic mass is 9.80. The van der Waals surface area contributed by atoms with Gasteiger partial charge < -0.3 is 20.1 Å². The molecule has 0 radical (unpaired) electrons. The zero-order chi connectivity index (χ0) is 23.6. The van der Waals surface area contributed by atoms with Crippen LogP contribution in [-0.2, 0) is 14.3 Å². The number of likely N-dealkylation sites (N-methyl/N-ethyl adjacent to an activating group) is 1. The van der Waals surface area contributed by atoms with E-state index in [1.165, 1.54) is 11.9 Å². The van der Waals surface area contributed by atoms with Crippen LogP contribution in [-0.4, -0.2) is 53.2 Å². The van der Waals surface area contributed by atoms with Crippen molar-refractivity contribution in [3.63, 3.8) is 0 Å². The van der Waals surface area contributed by atoms with Crippen molar-refractivity contribution < 1.29 is 24.2 Å². The molecule has 0 saturated heterocycles. The molecule has 4 rings (SSSR count). The number of rotatable bonds is 6. The highest BCUT2D eigenvalue weighted by molar-refractivity contribution is 5.91. The third-order valence-corrected chi connectivity index (χ3v) is 7.10. The number of hydrogen-bond donors (Lipinski definition) is 2. The summed E-state index contributed by atoms with van der Waals surface area (Å²) in [6.07, 6.45) is 2.63. The van der Waals surface area contributed by atoms with Gasteiger partial charge in [-0.15, -0.1) is 0 Å². The van der Waals surface area contributed by atoms with Crippen LogP contribution in [0.1, 0.15) is 56.1 Å². The first kappa shape index (κ1) is 22.8. The average Bonchev–Trinajstić information content (AvgIpc) is 3.15. The number of carboxylic acids is 1. The monoisotopic (exact) mass is 450 g/mol. The second-order valence-corrected chi connectivity index (χ2v) is 8.99. The standard InChI is InChI=1S/C26H30N2O5/c1-17(23(29)28(2)26(24(30)31)14-8-3-9-15-26)27-25(32)33-16-22-20-12-6-4-10-18(20)19-11-5-7-13-21(19)22/h4-7,10-13,17,22H,3,8-9,14-16H2,1-2H3,(H,27,32)(H,30,31). The normalized spacial score (nSPS) is 17.4. The maximum atomic E-state index is 13.0. The van der Waals surface area contributed by atoms with E-state index in [0.29, 0.717) is 12.8 Å². The number of carboxylic acid groups (broad SMARTS) is 1. The van der Waals surface area contributed by atoms with Crippen molar-refractivity contribution in [3.8, 4) is 11.1 Å². The molecule has 1 unspecified atom stereocenters. The lowest BCUT2D eigenvalue weighted by Crippen LogP contribution is -2.60. The number of hydrogen-bond acceptors (Lipinski definition) is 4. The van der Waals surface area contributed by atoms with Crippen molar-refractivity contribution in [1.29, 1.82) is 0 Å². The largest absolute Gasteiger partial charge is 0.479 e. The summed E-state index contributed by atoms with van der Waals surface area (Å²) in [6, 6.07) is 15.2. The van der Waals surface area contributed by atoms with Crippen LogP contribution in [0.2, 0.25) is 0 Å². The van der Waals surface area contributed by atoms with Gasteiger partial charge in [-0.25, -0.2) is 9.59 Å². The fourth-order valence-electron chi connectivity index (χ4n) is 5.21. The molecule has 1 fully saturated rings. The average molecular weight is 451 g/mol. The van der Waals surface area contributed by atoms with E-state index >= 15 is 0 Å². The van der Waals surface area contributed by atoms with Crippen molar-refractivity contribution in [1.82, 2.24) is 10.2 Å². The van der Waals surface area contributed by atoms with Gasteiger partial charge in [-0.2, -0.15) is 0 Å². The third-order valence-electron chi connectivity index (χ3n) is 7.10. The van der Waals surface area contributed by atoms with Gasteiger partial charge in [0.05, 0.1) is 0 Å². The minimum absolute atomic E-state index is 0.0747. The first-order chi connectivity index (χ1) is 15.8. The first-order valence-corrected chi connectivity index (χ1v) is 11.5. The minimum atomic E-state index is -1.22. The zero-order valence-electron chi connectivity index (χ0n) is 19.0. The van der Waals surface area contributed by atoms with Gasteiger partial charge in [0, 0.05) is 13.0 Å². The SMILES string of the molecule is CC(NC(=O)OCC1c2ccccc2-c2ccccc21)C(=O)N(C)C1(C(=O)O)CCCCC1. The molecule has 33 heavy (non-hydrogen) atoms. The maximum Gasteiger partial charge on any atom is 0.407 e. The Labute approximate surface area is 193 Å². The molecule has 0 spiro atoms. The van der Waals surface area contributed by atoms with Crippen LogP contribution in [0.5, 0.6) is 0 Å². The van der Waals surface area contributed by atoms with Crippen LogP contribution >= 0.6 is 0 Å². The molecule has 7 heteroatoms. The van der Waals surface area contributed by atoms with Crippen molar-refractivity contribution >= 4 is 18.0 Å². The number of carbonyl (C=O) groups excluding carboxylic acids is 2. The number of fused-ring (bicyclic) bond motifs is 3. The highest BCUT2D eigenvalue weighted by atomic mass is 16.5. The van der Waals surface area contributed by atoms with Gasteiger partial charge in [0.15, 0.2) is 0 Å². The van der Waals surface area contributed by atoms with Gasteiger partial charge in [-0.3, -0.25) is 4.79 Å². The predicted octanol–water partition coefficient (Wildman–Crippen LogP) is 4.16. The van der Waals surface area contributed by atoms with Gasteiger partial charge in [-0.1, -0.05) is 67.8 Å². The smallest absolute Gasteiger partial charge is 0.407 e. The number of ether oxygens (including phenoxy) is 1. The van der Waals surface area contributed by atoms with Gasteiger partial charge >= 0.3 is 12.1 Å². The van der Waals surface area contributed by atoms with Crippen LogP contribution in [0.3, 0.4) is 0 Å². The lowest BCUT2D eigenvalue weighted by molar-refractivity contribution is -0.160. The van der Waals surface area contributed by atoms with Gasteiger partial charge in [0.2, 0.25) is 5.91 Å². The number of benzene rings is 2. The van der Waals surface area contributed by atoms with Crippen LogP contribution in [0.4, 0.5) is 4.79 Å². The number of aliphatic carboxylic acids is 1. The van der Waals surface area contributed by atoms with Crippen LogP contribution in [0.25, 0.3) is 11.1 Å². The van der Waals surface area contributed by atoms with E-state index in [-0.39, 0.29) is 12.5 Å². The molecular formula is C26H30N2O5. The Morgan fingerprint density at radius 1 is 1.03 bits per heavy atom. The molecule has 174 valence electrons. The number of nitrogens with zero attached hydrogens (tertiary/aromatic N) is 1. The molecule has 7 nitrogen and oxygen atoms in total. The predicted molar refractivity (Wildman–Crippen MR) is 124 cm³/mol. The van der Waals surface area contributed by atoms with Crippen molar-refractivity contribution in [2.24, 2.45) is 0 Å². The van der Waals surface area contributed by atoms with E-state index in [2.05, 4.69) is 17.4 Å². The maximum absolute atomic E-state index is 13.0. The highest BCUT2D eigenvalue weighted by Crippen LogP contribution is 2.44. The number of alkyl carbamates (subject to hydrolysis) is 1. The zero-order valence-corrected chi connectivity index (χ0v) is 19.0. The summed E-state index contributed by atoms with van der Waals surface area (Å²) in [4.78, 5) is 38.8. The molecule has 2 N–H and O–H groups in total. The molecule has 0 heterocycles. The van der Waals surface area contributed by atoms with Crippen LogP contribution < -0.4 is 5.32 Å². The summed E-state index contributed by atoms with van der Waals surface area (Å²) in [5, 5.41) is 12.4. The molecule has 2 aromatic carbocycles. The Morgan fingerprint density at radius 2 is 1.58 bits per heavy atom. The molecule has 1 saturated carbocycles. The fraction of sp³-hybridized carbons (Fsp3) is 0.423. The summed E-state index contributed by atoms with van der Waals surface area (Å²) in [6.45, 7) is 1.70. The van der Waals surface area contributed by atoms with Gasteiger partial charge in [0.1, 0.15) is 18.2 Å². The molecule has 1 atom stereocenters. The fourth-order valence-corrected chi connectivity index (χ4v) is 5.21. The molecule has 0 aromatic heterocycles. The third kappa shape index (κ3) is 4.19. The van der Waals surface area contributed by atoms with Crippen molar-refractivity contribution in [2.45, 2.75) is 56.5 Å². The molecule has 2 aromatic rings. The highest BCUT2D eigenvalue weighted by Gasteiger charge is 2.46. The summed E-state index contributed by atoms with van der Waals surface area (Å²) in [5.41, 5.74) is 3.27. The van der Waals surface area contributed by atoms with E-state index < -0.39 is 29.6 Å². The molecule has 2 amide bonds. The summed E-state index contributed by atoms with van der Waals surface area (Å²) in [7, 11) is 1.51. The van der Waals surface area contributed by atoms with Crippen LogP contribution in [0, 0.1) is 0 Å². The van der Waals surface area contributed by atoms with Gasteiger partial charge in [-0.05, 0) is 42.0 Å². The first-order valence-electron chi connectivity index (χ1n) is 11.5. The Balaban J connectivity index is 1.39. The Morgan fingerprint density at radius 3 is 2.12 bits per heavy atom. The van der Waals surface area contributed by atoms with E-state index in [0.717, 1.165) is 41.5 Å². The topological polar surface area (TPSA) is 95.9 Å². The second kappa shape index (κ2) is 9.25. The summed E-state index contributed by atoms with van der Waals surface area (Å²) in [5.74, 6) is -1.51. The number of amides is 2. The molecule has 0 aliphatic heterocycles. The molecule has 0 bridgehead atoms. The minimum Gasteiger partial charge on any atom is -0.479 e. The van der Waals surface area contributed by atoms with Crippen molar-refractivity contribution in [2.75, 3.05) is 13.7 Å². The Bertz CT molecular complexity index is 1010. The van der Waals surface area contributed by atoms with Gasteiger partial charge in [0.25, 0.3) is 0 Å². The molecular weight excluding hydrogens is 420 g/mol. The van der Waals surface area contributed by atoms with E-state index in [1.807, 2.05) is 36.4 Å². The molecule has 2 aliphatic rings. The molecule has 2 aliphatic carbocycles. The second-order valence-electron chi connectivity index (χ2n) is 8.99. The number of carbonyl (C=O) groups is 3. The number of nitrogens with one attached hydrogen (secondary N) is 1. The summed E-state index contributed by atoms with van der Waals surface area (Å²) >= 11 is 0. The van der Waals surface area contributed by atoms with E-state index in [1.54, 1.807) is 6.92 Å². The van der Waals surface area contributed by atoms with Crippen molar-refractivity contribution in [3.05, 3.63) is 59.7 Å². The Kier molecular flexibility index (Phi) is 6.40. The Hall–Kier alpha value is -3.35.